The number of aliphatic hydroxyl groups is 3. The van der Waals surface area contributed by atoms with Crippen molar-refractivity contribution in [3.05, 3.63) is 179 Å². The van der Waals surface area contributed by atoms with Crippen molar-refractivity contribution >= 4 is 11.9 Å². The highest BCUT2D eigenvalue weighted by atomic mass is 16.7. The number of carbonyl (C=O) groups is 2. The number of rotatable bonds is 17. The zero-order valence-corrected chi connectivity index (χ0v) is 32.7. The van der Waals surface area contributed by atoms with E-state index in [1.165, 1.54) is 24.3 Å². The molecule has 2 aliphatic rings. The van der Waals surface area contributed by atoms with Crippen molar-refractivity contribution in [3.63, 3.8) is 0 Å². The van der Waals surface area contributed by atoms with Crippen LogP contribution in [-0.2, 0) is 57.7 Å². The van der Waals surface area contributed by atoms with Crippen LogP contribution < -0.4 is 0 Å². The second-order valence-corrected chi connectivity index (χ2v) is 14.4. The first kappa shape index (κ1) is 42.8. The van der Waals surface area contributed by atoms with Gasteiger partial charge in [-0.05, 0) is 41.0 Å². The van der Waals surface area contributed by atoms with Crippen molar-refractivity contribution in [3.8, 4) is 0 Å². The minimum Gasteiger partial charge on any atom is -0.452 e. The molecule has 0 unspecified atom stereocenters. The molecule has 2 saturated heterocycles. The SMILES string of the molecule is O=C(O[C@@H]1[C@@H](OC(=O)c2ccccc2)[C@@H](O)O[C@H](CO)[C@H]1O[C@H]1O[C@H](COCc2ccccc2)[C@@H](OCc2ccccc2)[C@H](OCc2ccccc2)[C@H]1O)c1ccccc1. The van der Waals surface area contributed by atoms with Gasteiger partial charge in [-0.2, -0.15) is 0 Å². The monoisotopic (exact) mass is 820 g/mol. The lowest BCUT2D eigenvalue weighted by Gasteiger charge is -2.48. The number of ether oxygens (including phenoxy) is 8. The lowest BCUT2D eigenvalue weighted by molar-refractivity contribution is -0.361. The van der Waals surface area contributed by atoms with Crippen LogP contribution in [0.25, 0.3) is 0 Å². The van der Waals surface area contributed by atoms with Crippen LogP contribution in [0.15, 0.2) is 152 Å². The van der Waals surface area contributed by atoms with E-state index in [9.17, 15) is 24.9 Å². The van der Waals surface area contributed by atoms with Gasteiger partial charge in [0.15, 0.2) is 24.8 Å². The summed E-state index contributed by atoms with van der Waals surface area (Å²) in [7, 11) is 0. The fourth-order valence-corrected chi connectivity index (χ4v) is 7.09. The van der Waals surface area contributed by atoms with Crippen LogP contribution in [0.1, 0.15) is 37.4 Å². The maximum absolute atomic E-state index is 13.7. The summed E-state index contributed by atoms with van der Waals surface area (Å²) < 4.78 is 49.7. The molecule has 2 aliphatic heterocycles. The summed E-state index contributed by atoms with van der Waals surface area (Å²) in [4.78, 5) is 27.1. The Morgan fingerprint density at radius 2 is 0.950 bits per heavy atom. The Morgan fingerprint density at radius 3 is 1.45 bits per heavy atom. The number of carbonyl (C=O) groups excluding carboxylic acids is 2. The molecule has 5 aromatic rings. The minimum atomic E-state index is -1.86. The molecule has 0 aliphatic carbocycles. The van der Waals surface area contributed by atoms with E-state index in [1.54, 1.807) is 36.4 Å². The summed E-state index contributed by atoms with van der Waals surface area (Å²) in [5.74, 6) is -1.68. The van der Waals surface area contributed by atoms with Gasteiger partial charge >= 0.3 is 11.9 Å². The molecule has 60 heavy (non-hydrogen) atoms. The van der Waals surface area contributed by atoms with Crippen molar-refractivity contribution < 1.29 is 62.8 Å². The van der Waals surface area contributed by atoms with Crippen LogP contribution in [0.3, 0.4) is 0 Å². The first-order valence-electron chi connectivity index (χ1n) is 19.8. The van der Waals surface area contributed by atoms with Gasteiger partial charge in [0.2, 0.25) is 0 Å². The lowest BCUT2D eigenvalue weighted by atomic mass is 9.96. The number of benzene rings is 5. The molecule has 7 rings (SSSR count). The number of aliphatic hydroxyl groups excluding tert-OH is 3. The van der Waals surface area contributed by atoms with Gasteiger partial charge in [-0.3, -0.25) is 0 Å². The van der Waals surface area contributed by atoms with Crippen LogP contribution in [-0.4, -0.2) is 102 Å². The Balaban J connectivity index is 1.21. The molecule has 2 fully saturated rings. The van der Waals surface area contributed by atoms with Gasteiger partial charge in [0.05, 0.1) is 44.2 Å². The van der Waals surface area contributed by atoms with Crippen LogP contribution in [0.5, 0.6) is 0 Å². The third-order valence-electron chi connectivity index (χ3n) is 10.2. The van der Waals surface area contributed by atoms with Crippen molar-refractivity contribution in [1.82, 2.24) is 0 Å². The number of hydrogen-bond acceptors (Lipinski definition) is 13. The van der Waals surface area contributed by atoms with Gasteiger partial charge in [0, 0.05) is 0 Å². The van der Waals surface area contributed by atoms with Crippen LogP contribution in [0.2, 0.25) is 0 Å². The predicted octanol–water partition coefficient (Wildman–Crippen LogP) is 5.01. The van der Waals surface area contributed by atoms with E-state index >= 15 is 0 Å². The maximum Gasteiger partial charge on any atom is 0.338 e. The Bertz CT molecular complexity index is 2040. The first-order valence-corrected chi connectivity index (χ1v) is 19.8. The third kappa shape index (κ3) is 11.1. The Hall–Kier alpha value is -5.32. The van der Waals surface area contributed by atoms with E-state index in [1.807, 2.05) is 91.0 Å². The molecule has 0 bridgehead atoms. The minimum absolute atomic E-state index is 0.0286. The van der Waals surface area contributed by atoms with Crippen LogP contribution in [0.4, 0.5) is 0 Å². The highest BCUT2D eigenvalue weighted by Crippen LogP contribution is 2.34. The Morgan fingerprint density at radius 1 is 0.500 bits per heavy atom. The Labute approximate surface area is 347 Å². The van der Waals surface area contributed by atoms with Crippen molar-refractivity contribution in [2.75, 3.05) is 13.2 Å². The molecule has 0 spiro atoms. The van der Waals surface area contributed by atoms with Gasteiger partial charge < -0.3 is 53.2 Å². The molecule has 2 heterocycles. The summed E-state index contributed by atoms with van der Waals surface area (Å²) in [6, 6.07) is 44.6. The molecule has 0 amide bonds. The molecule has 10 atom stereocenters. The predicted molar refractivity (Wildman–Crippen MR) is 215 cm³/mol. The number of esters is 2. The molecule has 0 aromatic heterocycles. The second kappa shape index (κ2) is 21.3. The summed E-state index contributed by atoms with van der Waals surface area (Å²) in [6.45, 7) is -0.281. The van der Waals surface area contributed by atoms with Crippen LogP contribution in [0, 0.1) is 0 Å². The van der Waals surface area contributed by atoms with E-state index in [0.29, 0.717) is 0 Å². The van der Waals surface area contributed by atoms with Crippen molar-refractivity contribution in [2.45, 2.75) is 81.2 Å². The van der Waals surface area contributed by atoms with E-state index in [-0.39, 0.29) is 37.6 Å². The average molecular weight is 821 g/mol. The smallest absolute Gasteiger partial charge is 0.338 e. The summed E-state index contributed by atoms with van der Waals surface area (Å²) >= 11 is 0. The maximum atomic E-state index is 13.7. The summed E-state index contributed by atoms with van der Waals surface area (Å²) in [6.07, 6.45) is -14.0. The fraction of sp³-hybridized carbons (Fsp3) is 0.319. The first-order chi connectivity index (χ1) is 29.4. The van der Waals surface area contributed by atoms with Crippen LogP contribution >= 0.6 is 0 Å². The topological polar surface area (TPSA) is 169 Å². The molecule has 13 nitrogen and oxygen atoms in total. The van der Waals surface area contributed by atoms with Gasteiger partial charge in [0.1, 0.15) is 36.6 Å². The van der Waals surface area contributed by atoms with E-state index in [2.05, 4.69) is 0 Å². The third-order valence-corrected chi connectivity index (χ3v) is 10.2. The molecule has 0 radical (unpaired) electrons. The van der Waals surface area contributed by atoms with E-state index in [0.717, 1.165) is 16.7 Å². The number of hydrogen-bond donors (Lipinski definition) is 3. The average Bonchev–Trinajstić information content (AvgIpc) is 3.29. The fourth-order valence-electron chi connectivity index (χ4n) is 7.09. The Kier molecular flexibility index (Phi) is 15.2. The molecule has 3 N–H and O–H groups in total. The standard InChI is InChI=1S/C47H48O13/c48-26-36-40(42(58-44(50)34-22-12-4-13-23-34)43(46(52)56-36)59-45(51)35-24-14-5-15-25-35)60-47-38(49)41(55-29-33-20-10-3-11-21-33)39(54-28-32-18-8-2-9-19-32)37(57-47)30-53-27-31-16-6-1-7-17-31/h1-25,36-43,46-49,52H,26-30H2/t36-,37-,38-,39-,40-,41-,42+,43-,46+,47-/m1/s1. The molecule has 5 aromatic carbocycles. The zero-order valence-electron chi connectivity index (χ0n) is 32.7. The lowest BCUT2D eigenvalue weighted by Crippen LogP contribution is -2.66. The largest absolute Gasteiger partial charge is 0.452 e. The van der Waals surface area contributed by atoms with Crippen molar-refractivity contribution in [1.29, 1.82) is 0 Å². The summed E-state index contributed by atoms with van der Waals surface area (Å²) in [5, 5.41) is 34.1. The normalized spacial score (nSPS) is 26.5. The highest BCUT2D eigenvalue weighted by molar-refractivity contribution is 5.90. The molecule has 13 heteroatoms. The van der Waals surface area contributed by atoms with E-state index in [4.69, 9.17) is 37.9 Å². The molecular weight excluding hydrogens is 773 g/mol. The van der Waals surface area contributed by atoms with Crippen molar-refractivity contribution in [2.24, 2.45) is 0 Å². The summed E-state index contributed by atoms with van der Waals surface area (Å²) in [5.41, 5.74) is 2.94. The zero-order chi connectivity index (χ0) is 41.7. The second-order valence-electron chi connectivity index (χ2n) is 14.4. The highest BCUT2D eigenvalue weighted by Gasteiger charge is 2.55. The van der Waals surface area contributed by atoms with Gasteiger partial charge in [-0.1, -0.05) is 127 Å². The van der Waals surface area contributed by atoms with Gasteiger partial charge in [-0.15, -0.1) is 0 Å². The molecule has 0 saturated carbocycles. The van der Waals surface area contributed by atoms with Gasteiger partial charge in [-0.25, -0.2) is 9.59 Å². The molecule has 314 valence electrons. The van der Waals surface area contributed by atoms with Gasteiger partial charge in [0.25, 0.3) is 0 Å². The van der Waals surface area contributed by atoms with E-state index < -0.39 is 80.0 Å². The quantitative estimate of drug-likeness (QED) is 0.107. The molecular formula is C47H48O13.